The lowest BCUT2D eigenvalue weighted by molar-refractivity contribution is -0.123. The Morgan fingerprint density at radius 1 is 1.20 bits per heavy atom. The predicted molar refractivity (Wildman–Crippen MR) is 72.9 cm³/mol. The van der Waals surface area contributed by atoms with Crippen LogP contribution in [0.2, 0.25) is 0 Å². The zero-order valence-electron chi connectivity index (χ0n) is 11.3. The van der Waals surface area contributed by atoms with Crippen LogP contribution in [0.4, 0.5) is 4.39 Å². The summed E-state index contributed by atoms with van der Waals surface area (Å²) in [6.45, 7) is 0.572. The van der Waals surface area contributed by atoms with Gasteiger partial charge in [-0.2, -0.15) is 0 Å². The molecular weight excluding hydrogens is 259 g/mol. The molecule has 2 saturated carbocycles. The molecule has 2 fully saturated rings. The number of nitrogens with one attached hydrogen (secondary N) is 2. The maximum Gasteiger partial charge on any atom is 0.258 e. The largest absolute Gasteiger partial charge is 0.484 e. The molecule has 0 heterocycles. The second-order valence-corrected chi connectivity index (χ2v) is 5.58. The van der Waals surface area contributed by atoms with Gasteiger partial charge in [-0.25, -0.2) is 4.39 Å². The maximum absolute atomic E-state index is 13.5. The molecule has 1 aromatic rings. The van der Waals surface area contributed by atoms with E-state index in [1.807, 2.05) is 0 Å². The number of halogens is 1. The van der Waals surface area contributed by atoms with Gasteiger partial charge in [0.1, 0.15) is 11.6 Å². The highest BCUT2D eigenvalue weighted by Crippen LogP contribution is 2.21. The summed E-state index contributed by atoms with van der Waals surface area (Å²) in [5.74, 6) is -0.0735. The highest BCUT2D eigenvalue weighted by atomic mass is 19.1. The van der Waals surface area contributed by atoms with Crippen molar-refractivity contribution in [3.05, 3.63) is 29.6 Å². The van der Waals surface area contributed by atoms with Gasteiger partial charge in [0.05, 0.1) is 0 Å². The van der Waals surface area contributed by atoms with Crippen molar-refractivity contribution in [2.24, 2.45) is 0 Å². The smallest absolute Gasteiger partial charge is 0.258 e. The summed E-state index contributed by atoms with van der Waals surface area (Å²) >= 11 is 0. The van der Waals surface area contributed by atoms with Gasteiger partial charge in [0, 0.05) is 24.7 Å². The van der Waals surface area contributed by atoms with Crippen molar-refractivity contribution >= 4 is 5.91 Å². The molecule has 2 N–H and O–H groups in total. The Labute approximate surface area is 117 Å². The first kappa shape index (κ1) is 13.4. The Bertz CT molecular complexity index is 499. The minimum Gasteiger partial charge on any atom is -0.484 e. The van der Waals surface area contributed by atoms with Gasteiger partial charge in [0.25, 0.3) is 5.91 Å². The summed E-state index contributed by atoms with van der Waals surface area (Å²) in [4.78, 5) is 11.5. The molecule has 0 aliphatic heterocycles. The number of hydrogen-bond acceptors (Lipinski definition) is 3. The van der Waals surface area contributed by atoms with E-state index in [4.69, 9.17) is 4.74 Å². The van der Waals surface area contributed by atoms with E-state index < -0.39 is 0 Å². The molecule has 0 saturated heterocycles. The molecule has 20 heavy (non-hydrogen) atoms. The van der Waals surface area contributed by atoms with E-state index in [9.17, 15) is 9.18 Å². The lowest BCUT2D eigenvalue weighted by atomic mass is 10.2. The second-order valence-electron chi connectivity index (χ2n) is 5.58. The maximum atomic E-state index is 13.5. The number of carbonyl (C=O) groups is 1. The van der Waals surface area contributed by atoms with Crippen molar-refractivity contribution in [2.75, 3.05) is 6.61 Å². The summed E-state index contributed by atoms with van der Waals surface area (Å²) in [5, 5.41) is 6.16. The van der Waals surface area contributed by atoms with Crippen LogP contribution in [0.25, 0.3) is 0 Å². The standard InChI is InChI=1S/C15H19FN2O2/c16-11-5-10(8-17-12-1-2-12)6-14(7-11)20-9-15(19)18-13-3-4-13/h5-7,12-13,17H,1-4,8-9H2,(H,18,19). The molecule has 108 valence electrons. The van der Waals surface area contributed by atoms with Gasteiger partial charge in [-0.05, 0) is 43.4 Å². The Morgan fingerprint density at radius 3 is 2.65 bits per heavy atom. The van der Waals surface area contributed by atoms with Crippen LogP contribution in [0.1, 0.15) is 31.2 Å². The zero-order valence-corrected chi connectivity index (χ0v) is 11.3. The predicted octanol–water partition coefficient (Wildman–Crippen LogP) is 1.74. The normalized spacial score (nSPS) is 17.9. The lowest BCUT2D eigenvalue weighted by Crippen LogP contribution is -2.30. The number of rotatable bonds is 7. The molecule has 2 aliphatic carbocycles. The van der Waals surface area contributed by atoms with Crippen molar-refractivity contribution in [1.82, 2.24) is 10.6 Å². The molecule has 0 aromatic heterocycles. The molecule has 0 atom stereocenters. The fourth-order valence-electron chi connectivity index (χ4n) is 2.00. The Balaban J connectivity index is 1.52. The average molecular weight is 278 g/mol. The number of carbonyl (C=O) groups excluding carboxylic acids is 1. The van der Waals surface area contributed by atoms with Crippen LogP contribution < -0.4 is 15.4 Å². The lowest BCUT2D eigenvalue weighted by Gasteiger charge is -2.09. The molecule has 2 aliphatic rings. The number of benzene rings is 1. The molecule has 0 unspecified atom stereocenters. The van der Waals surface area contributed by atoms with E-state index in [2.05, 4.69) is 10.6 Å². The van der Waals surface area contributed by atoms with E-state index >= 15 is 0 Å². The van der Waals surface area contributed by atoms with Gasteiger partial charge in [-0.3, -0.25) is 4.79 Å². The van der Waals surface area contributed by atoms with Crippen LogP contribution in [0.5, 0.6) is 5.75 Å². The topological polar surface area (TPSA) is 50.4 Å². The third-order valence-electron chi connectivity index (χ3n) is 3.42. The van der Waals surface area contributed by atoms with Gasteiger partial charge in [0.2, 0.25) is 0 Å². The Morgan fingerprint density at radius 2 is 1.95 bits per heavy atom. The summed E-state index contributed by atoms with van der Waals surface area (Å²) in [5.41, 5.74) is 0.842. The van der Waals surface area contributed by atoms with Crippen LogP contribution in [0, 0.1) is 5.82 Å². The van der Waals surface area contributed by atoms with Gasteiger partial charge in [0.15, 0.2) is 6.61 Å². The van der Waals surface area contributed by atoms with Crippen molar-refractivity contribution in [1.29, 1.82) is 0 Å². The quantitative estimate of drug-likeness (QED) is 0.798. The van der Waals surface area contributed by atoms with E-state index in [-0.39, 0.29) is 18.3 Å². The first-order chi connectivity index (χ1) is 9.69. The zero-order chi connectivity index (χ0) is 13.9. The first-order valence-electron chi connectivity index (χ1n) is 7.14. The minimum atomic E-state index is -0.335. The Hall–Kier alpha value is -1.62. The summed E-state index contributed by atoms with van der Waals surface area (Å²) in [6, 6.07) is 5.48. The molecule has 0 radical (unpaired) electrons. The molecule has 5 heteroatoms. The number of ether oxygens (including phenoxy) is 1. The molecular formula is C15H19FN2O2. The molecule has 0 spiro atoms. The highest BCUT2D eigenvalue weighted by molar-refractivity contribution is 5.78. The van der Waals surface area contributed by atoms with Gasteiger partial charge >= 0.3 is 0 Å². The van der Waals surface area contributed by atoms with Crippen LogP contribution in [-0.4, -0.2) is 24.6 Å². The van der Waals surface area contributed by atoms with Crippen LogP contribution in [-0.2, 0) is 11.3 Å². The van der Waals surface area contributed by atoms with Crippen molar-refractivity contribution in [2.45, 2.75) is 44.3 Å². The summed E-state index contributed by atoms with van der Waals surface area (Å²) in [6.07, 6.45) is 4.48. The van der Waals surface area contributed by atoms with Crippen molar-refractivity contribution in [3.8, 4) is 5.75 Å². The van der Waals surface area contributed by atoms with Crippen LogP contribution in [0.3, 0.4) is 0 Å². The fraction of sp³-hybridized carbons (Fsp3) is 0.533. The number of amides is 1. The van der Waals surface area contributed by atoms with E-state index in [1.54, 1.807) is 6.07 Å². The second kappa shape index (κ2) is 5.79. The van der Waals surface area contributed by atoms with Crippen molar-refractivity contribution in [3.63, 3.8) is 0 Å². The highest BCUT2D eigenvalue weighted by Gasteiger charge is 2.23. The molecule has 1 amide bonds. The summed E-state index contributed by atoms with van der Waals surface area (Å²) in [7, 11) is 0. The van der Waals surface area contributed by atoms with Crippen LogP contribution in [0.15, 0.2) is 18.2 Å². The van der Waals surface area contributed by atoms with E-state index in [0.29, 0.717) is 24.4 Å². The monoisotopic (exact) mass is 278 g/mol. The third kappa shape index (κ3) is 4.20. The molecule has 0 bridgehead atoms. The van der Waals surface area contributed by atoms with Gasteiger partial charge in [-0.15, -0.1) is 0 Å². The minimum absolute atomic E-state index is 0.0601. The third-order valence-corrected chi connectivity index (χ3v) is 3.42. The SMILES string of the molecule is O=C(COc1cc(F)cc(CNC2CC2)c1)NC1CC1. The van der Waals surface area contributed by atoms with E-state index in [1.165, 1.54) is 25.0 Å². The van der Waals surface area contributed by atoms with Crippen molar-refractivity contribution < 1.29 is 13.9 Å². The molecule has 4 nitrogen and oxygen atoms in total. The fourth-order valence-corrected chi connectivity index (χ4v) is 2.00. The first-order valence-corrected chi connectivity index (χ1v) is 7.14. The average Bonchev–Trinajstić information content (AvgIpc) is 3.28. The number of hydrogen-bond donors (Lipinski definition) is 2. The summed E-state index contributed by atoms with van der Waals surface area (Å²) < 4.78 is 18.9. The van der Waals surface area contributed by atoms with Crippen LogP contribution >= 0.6 is 0 Å². The molecule has 1 aromatic carbocycles. The Kier molecular flexibility index (Phi) is 3.87. The molecule has 3 rings (SSSR count). The van der Waals surface area contributed by atoms with E-state index in [0.717, 1.165) is 18.4 Å². The van der Waals surface area contributed by atoms with Gasteiger partial charge in [-0.1, -0.05) is 0 Å². The van der Waals surface area contributed by atoms with Gasteiger partial charge < -0.3 is 15.4 Å².